The summed E-state index contributed by atoms with van der Waals surface area (Å²) in [4.78, 5) is 0. The van der Waals surface area contributed by atoms with E-state index in [0.717, 1.165) is 11.1 Å². The number of hydrogen-bond donors (Lipinski definition) is 4. The first-order valence-electron chi connectivity index (χ1n) is 14.0. The Bertz CT molecular complexity index is 1410. The van der Waals surface area contributed by atoms with Crippen LogP contribution >= 0.6 is 0 Å². The van der Waals surface area contributed by atoms with E-state index in [-0.39, 0.29) is 47.0 Å². The van der Waals surface area contributed by atoms with E-state index >= 15 is 0 Å². The molecule has 0 bridgehead atoms. The van der Waals surface area contributed by atoms with Crippen LogP contribution in [-0.2, 0) is 9.47 Å². The lowest BCUT2D eigenvalue weighted by atomic mass is 9.84. The van der Waals surface area contributed by atoms with Gasteiger partial charge in [0.1, 0.15) is 6.10 Å². The average molecular weight is 615 g/mol. The predicted molar refractivity (Wildman–Crippen MR) is 156 cm³/mol. The van der Waals surface area contributed by atoms with E-state index in [1.54, 1.807) is 24.3 Å². The van der Waals surface area contributed by atoms with Gasteiger partial charge in [-0.15, -0.1) is 0 Å². The van der Waals surface area contributed by atoms with Crippen molar-refractivity contribution in [3.8, 4) is 46.0 Å². The summed E-state index contributed by atoms with van der Waals surface area (Å²) in [6.07, 6.45) is -3.02. The maximum Gasteiger partial charge on any atom is 0.204 e. The maximum atomic E-state index is 11.0. The van der Waals surface area contributed by atoms with Crippen molar-refractivity contribution in [2.75, 3.05) is 55.4 Å². The Balaban J connectivity index is 1.40. The lowest BCUT2D eigenvalue weighted by molar-refractivity contribution is -0.00197. The minimum absolute atomic E-state index is 0.00321. The molecule has 0 amide bonds. The largest absolute Gasteiger partial charge is 0.504 e. The lowest BCUT2D eigenvalue weighted by Gasteiger charge is -2.26. The first kappa shape index (κ1) is 31.3. The highest BCUT2D eigenvalue weighted by Gasteiger charge is 2.48. The van der Waals surface area contributed by atoms with Crippen molar-refractivity contribution < 1.29 is 58.3 Å². The van der Waals surface area contributed by atoms with Gasteiger partial charge in [0.15, 0.2) is 40.6 Å². The highest BCUT2D eigenvalue weighted by Crippen LogP contribution is 2.53. The number of ether oxygens (including phenoxy) is 8. The molecule has 0 aromatic heterocycles. The molecule has 0 saturated carbocycles. The summed E-state index contributed by atoms with van der Waals surface area (Å²) < 4.78 is 45.8. The number of fused-ring (bicyclic) bond motifs is 1. The topological polar surface area (TPSA) is 155 Å². The van der Waals surface area contributed by atoms with E-state index in [4.69, 9.17) is 37.9 Å². The van der Waals surface area contributed by atoms with Gasteiger partial charge in [0, 0.05) is 11.8 Å². The summed E-state index contributed by atoms with van der Waals surface area (Å²) in [5, 5.41) is 41.5. The monoisotopic (exact) mass is 614 g/mol. The van der Waals surface area contributed by atoms with Crippen LogP contribution in [0, 0.1) is 11.8 Å². The van der Waals surface area contributed by atoms with Crippen LogP contribution in [0.3, 0.4) is 0 Å². The van der Waals surface area contributed by atoms with Crippen molar-refractivity contribution in [1.82, 2.24) is 0 Å². The van der Waals surface area contributed by atoms with Gasteiger partial charge in [0.25, 0.3) is 0 Å². The molecule has 0 aliphatic carbocycles. The van der Waals surface area contributed by atoms with Gasteiger partial charge in [-0.2, -0.15) is 0 Å². The van der Waals surface area contributed by atoms with Gasteiger partial charge in [-0.25, -0.2) is 0 Å². The molecule has 0 spiro atoms. The molecule has 2 fully saturated rings. The Morgan fingerprint density at radius 2 is 1.18 bits per heavy atom. The van der Waals surface area contributed by atoms with Crippen molar-refractivity contribution in [2.45, 2.75) is 24.4 Å². The molecule has 2 saturated heterocycles. The van der Waals surface area contributed by atoms with Crippen molar-refractivity contribution in [3.63, 3.8) is 0 Å². The first-order chi connectivity index (χ1) is 21.3. The standard InChI is InChI=1S/C32H38O12/c1-37-22-8-16(6-7-21(22)34)28(35)27(13-33)44-32-25(40-4)11-18(12-26(32)41-5)31-20-15-42-30(19(20)14-43-31)17-9-23(38-2)29(36)24(10-17)39-3/h6-12,19-20,27-28,30-31,33-36H,13-15H2,1-5H3. The van der Waals surface area contributed by atoms with E-state index < -0.39 is 18.8 Å². The zero-order chi connectivity index (χ0) is 31.5. The molecular formula is C32H38O12. The SMILES string of the molecule is COc1cc(C(O)C(CO)Oc2c(OC)cc(C3OCC4C(c5cc(OC)c(O)c(OC)c5)OCC34)cc2OC)ccc1O. The molecule has 2 aliphatic rings. The van der Waals surface area contributed by atoms with Crippen LogP contribution in [-0.4, -0.2) is 81.9 Å². The number of phenolic OH excluding ortho intramolecular Hbond substituents is 2. The summed E-state index contributed by atoms with van der Waals surface area (Å²) in [5.41, 5.74) is 1.97. The molecular weight excluding hydrogens is 576 g/mol. The number of benzene rings is 3. The quantitative estimate of drug-likeness (QED) is 0.235. The zero-order valence-corrected chi connectivity index (χ0v) is 25.2. The minimum Gasteiger partial charge on any atom is -0.504 e. The molecule has 4 N–H and O–H groups in total. The summed E-state index contributed by atoms with van der Waals surface area (Å²) in [5.74, 6) is 1.47. The molecule has 12 heteroatoms. The molecule has 6 unspecified atom stereocenters. The fourth-order valence-electron chi connectivity index (χ4n) is 5.94. The van der Waals surface area contributed by atoms with E-state index in [2.05, 4.69) is 0 Å². The third-order valence-corrected chi connectivity index (χ3v) is 8.25. The molecule has 44 heavy (non-hydrogen) atoms. The number of aliphatic hydroxyl groups excluding tert-OH is 2. The minimum atomic E-state index is -1.27. The third-order valence-electron chi connectivity index (χ3n) is 8.25. The molecule has 0 radical (unpaired) electrons. The average Bonchev–Trinajstić information content (AvgIpc) is 3.66. The summed E-state index contributed by atoms with van der Waals surface area (Å²) >= 11 is 0. The van der Waals surface area contributed by atoms with Crippen molar-refractivity contribution >= 4 is 0 Å². The fraction of sp³-hybridized carbons (Fsp3) is 0.438. The molecule has 238 valence electrons. The number of phenols is 2. The Morgan fingerprint density at radius 3 is 1.64 bits per heavy atom. The van der Waals surface area contributed by atoms with Crippen molar-refractivity contribution in [1.29, 1.82) is 0 Å². The van der Waals surface area contributed by atoms with E-state index in [1.165, 1.54) is 53.7 Å². The molecule has 6 atom stereocenters. The van der Waals surface area contributed by atoms with Crippen LogP contribution in [0.15, 0.2) is 42.5 Å². The third kappa shape index (κ3) is 5.73. The van der Waals surface area contributed by atoms with Crippen LogP contribution in [0.5, 0.6) is 46.0 Å². The predicted octanol–water partition coefficient (Wildman–Crippen LogP) is 3.69. The molecule has 3 aromatic carbocycles. The van der Waals surface area contributed by atoms with Crippen LogP contribution in [0.4, 0.5) is 0 Å². The van der Waals surface area contributed by atoms with Crippen LogP contribution in [0.1, 0.15) is 35.0 Å². The van der Waals surface area contributed by atoms with Crippen molar-refractivity contribution in [3.05, 3.63) is 59.2 Å². The van der Waals surface area contributed by atoms with Gasteiger partial charge in [-0.3, -0.25) is 0 Å². The number of aliphatic hydroxyl groups is 2. The van der Waals surface area contributed by atoms with Gasteiger partial charge < -0.3 is 58.3 Å². The summed E-state index contributed by atoms with van der Waals surface area (Å²) in [6.45, 7) is 0.339. The van der Waals surface area contributed by atoms with Crippen LogP contribution in [0.25, 0.3) is 0 Å². The number of methoxy groups -OCH3 is 5. The molecule has 2 heterocycles. The van der Waals surface area contributed by atoms with Gasteiger partial charge in [-0.1, -0.05) is 6.07 Å². The highest BCUT2D eigenvalue weighted by atomic mass is 16.6. The van der Waals surface area contributed by atoms with Gasteiger partial charge in [0.2, 0.25) is 11.5 Å². The Kier molecular flexibility index (Phi) is 9.45. The van der Waals surface area contributed by atoms with E-state index in [1.807, 2.05) is 0 Å². The van der Waals surface area contributed by atoms with Crippen LogP contribution in [0.2, 0.25) is 0 Å². The molecule has 5 rings (SSSR count). The number of hydrogen-bond acceptors (Lipinski definition) is 12. The Hall–Kier alpha value is -4.10. The van der Waals surface area contributed by atoms with E-state index in [9.17, 15) is 20.4 Å². The maximum absolute atomic E-state index is 11.0. The van der Waals surface area contributed by atoms with Crippen molar-refractivity contribution in [2.24, 2.45) is 11.8 Å². The van der Waals surface area contributed by atoms with Crippen LogP contribution < -0.4 is 28.4 Å². The second kappa shape index (κ2) is 13.3. The second-order valence-corrected chi connectivity index (χ2v) is 10.6. The molecule has 2 aliphatic heterocycles. The lowest BCUT2D eigenvalue weighted by Crippen LogP contribution is -2.29. The second-order valence-electron chi connectivity index (χ2n) is 10.6. The Labute approximate surface area is 255 Å². The number of rotatable bonds is 12. The summed E-state index contributed by atoms with van der Waals surface area (Å²) in [7, 11) is 7.33. The smallest absolute Gasteiger partial charge is 0.204 e. The normalized spacial score (nSPS) is 22.2. The molecule has 12 nitrogen and oxygen atoms in total. The zero-order valence-electron chi connectivity index (χ0n) is 25.2. The number of aromatic hydroxyl groups is 2. The van der Waals surface area contributed by atoms with Gasteiger partial charge >= 0.3 is 0 Å². The fourth-order valence-corrected chi connectivity index (χ4v) is 5.94. The first-order valence-corrected chi connectivity index (χ1v) is 14.0. The summed E-state index contributed by atoms with van der Waals surface area (Å²) in [6, 6.07) is 11.4. The van der Waals surface area contributed by atoms with Gasteiger partial charge in [0.05, 0.1) is 67.6 Å². The molecule has 3 aromatic rings. The van der Waals surface area contributed by atoms with Gasteiger partial charge in [-0.05, 0) is 53.1 Å². The Morgan fingerprint density at radius 1 is 0.705 bits per heavy atom. The highest BCUT2D eigenvalue weighted by molar-refractivity contribution is 5.55. The van der Waals surface area contributed by atoms with E-state index in [0.29, 0.717) is 41.8 Å².